The van der Waals surface area contributed by atoms with Crippen LogP contribution in [0, 0.1) is 0 Å². The predicted octanol–water partition coefficient (Wildman–Crippen LogP) is 0.528. The van der Waals surface area contributed by atoms with Gasteiger partial charge in [0.15, 0.2) is 0 Å². The van der Waals surface area contributed by atoms with Gasteiger partial charge in [-0.3, -0.25) is 0 Å². The fourth-order valence-corrected chi connectivity index (χ4v) is 1.70. The molecule has 2 aromatic carbocycles. The molecule has 0 saturated carbocycles. The Morgan fingerprint density at radius 3 is 2.27 bits per heavy atom. The van der Waals surface area contributed by atoms with Crippen LogP contribution in [0.5, 0.6) is 5.75 Å². The molecule has 76 valence electrons. The Hall–Kier alpha value is -1.52. The maximum absolute atomic E-state index is 9.20. The zero-order chi connectivity index (χ0) is 10.8. The minimum absolute atomic E-state index is 0.492. The van der Waals surface area contributed by atoms with Crippen molar-refractivity contribution in [1.82, 2.24) is 0 Å². The third-order valence-electron chi connectivity index (χ3n) is 2.42. The zero-order valence-electron chi connectivity index (χ0n) is 8.34. The highest BCUT2D eigenvalue weighted by Gasteiger charge is 2.15. The van der Waals surface area contributed by atoms with Crippen LogP contribution in [0.2, 0.25) is 0 Å². The molecule has 3 nitrogen and oxygen atoms in total. The Balaban J connectivity index is 2.77. The van der Waals surface area contributed by atoms with Gasteiger partial charge >= 0.3 is 7.12 Å². The van der Waals surface area contributed by atoms with Crippen LogP contribution in [0.1, 0.15) is 0 Å². The van der Waals surface area contributed by atoms with Crippen LogP contribution in [-0.2, 0) is 0 Å². The van der Waals surface area contributed by atoms with Crippen LogP contribution >= 0.6 is 0 Å². The Morgan fingerprint density at radius 2 is 1.67 bits per heavy atom. The van der Waals surface area contributed by atoms with Crippen molar-refractivity contribution in [2.45, 2.75) is 0 Å². The summed E-state index contributed by atoms with van der Waals surface area (Å²) in [5.41, 5.74) is 0.492. The van der Waals surface area contributed by atoms with Gasteiger partial charge in [-0.1, -0.05) is 30.3 Å². The Bertz CT molecular complexity index is 482. The zero-order valence-corrected chi connectivity index (χ0v) is 8.34. The summed E-state index contributed by atoms with van der Waals surface area (Å²) in [6, 6.07) is 10.9. The molecule has 2 aromatic rings. The molecule has 0 atom stereocenters. The smallest absolute Gasteiger partial charge is 0.489 e. The highest BCUT2D eigenvalue weighted by atomic mass is 16.5. The molecule has 2 N–H and O–H groups in total. The average Bonchev–Trinajstić information content (AvgIpc) is 2.27. The molecule has 0 bridgehead atoms. The first kappa shape index (κ1) is 10.0. The Kier molecular flexibility index (Phi) is 2.62. The van der Waals surface area contributed by atoms with E-state index in [9.17, 15) is 10.0 Å². The normalized spacial score (nSPS) is 10.3. The second-order valence-corrected chi connectivity index (χ2v) is 3.28. The standard InChI is InChI=1S/C11H11BO3/c1-15-11-7-6-10(12(13)14)8-4-2-3-5-9(8)11/h2-7,13-14H,1H3. The van der Waals surface area contributed by atoms with Crippen molar-refractivity contribution in [3.63, 3.8) is 0 Å². The minimum atomic E-state index is -1.46. The number of rotatable bonds is 2. The van der Waals surface area contributed by atoms with Gasteiger partial charge in [-0.15, -0.1) is 0 Å². The summed E-state index contributed by atoms with van der Waals surface area (Å²) in [6.07, 6.45) is 0. The number of methoxy groups -OCH3 is 1. The van der Waals surface area contributed by atoms with E-state index in [1.165, 1.54) is 0 Å². The molecule has 0 fully saturated rings. The summed E-state index contributed by atoms with van der Waals surface area (Å²) < 4.78 is 5.20. The first-order valence-corrected chi connectivity index (χ1v) is 4.66. The second kappa shape index (κ2) is 3.92. The number of hydrogen-bond donors (Lipinski definition) is 2. The molecule has 0 spiro atoms. The molecule has 0 unspecified atom stereocenters. The van der Waals surface area contributed by atoms with E-state index < -0.39 is 7.12 Å². The van der Waals surface area contributed by atoms with Gasteiger partial charge in [0.2, 0.25) is 0 Å². The molecule has 0 aliphatic heterocycles. The van der Waals surface area contributed by atoms with Crippen molar-refractivity contribution >= 4 is 23.4 Å². The molecule has 0 radical (unpaired) electrons. The van der Waals surface area contributed by atoms with E-state index in [0.717, 1.165) is 16.5 Å². The van der Waals surface area contributed by atoms with E-state index >= 15 is 0 Å². The van der Waals surface area contributed by atoms with Gasteiger partial charge in [-0.05, 0) is 16.9 Å². The van der Waals surface area contributed by atoms with Gasteiger partial charge in [0.05, 0.1) is 7.11 Å². The van der Waals surface area contributed by atoms with Crippen molar-refractivity contribution in [2.75, 3.05) is 7.11 Å². The molecule has 0 amide bonds. The van der Waals surface area contributed by atoms with Gasteiger partial charge in [0.1, 0.15) is 5.75 Å². The summed E-state index contributed by atoms with van der Waals surface area (Å²) in [4.78, 5) is 0. The number of fused-ring (bicyclic) bond motifs is 1. The Morgan fingerprint density at radius 1 is 1.00 bits per heavy atom. The quantitative estimate of drug-likeness (QED) is 0.698. The van der Waals surface area contributed by atoms with Gasteiger partial charge < -0.3 is 14.8 Å². The molecule has 0 saturated heterocycles. The number of benzene rings is 2. The van der Waals surface area contributed by atoms with Gasteiger partial charge in [-0.25, -0.2) is 0 Å². The summed E-state index contributed by atoms with van der Waals surface area (Å²) in [5, 5.41) is 20.1. The predicted molar refractivity (Wildman–Crippen MR) is 60.3 cm³/mol. The largest absolute Gasteiger partial charge is 0.496 e. The molecule has 4 heteroatoms. The third kappa shape index (κ3) is 1.69. The molecule has 2 rings (SSSR count). The summed E-state index contributed by atoms with van der Waals surface area (Å²) >= 11 is 0. The highest BCUT2D eigenvalue weighted by molar-refractivity contribution is 6.62. The number of ether oxygens (including phenoxy) is 1. The van der Waals surface area contributed by atoms with E-state index in [1.54, 1.807) is 19.2 Å². The van der Waals surface area contributed by atoms with Crippen molar-refractivity contribution in [3.8, 4) is 5.75 Å². The van der Waals surface area contributed by atoms with Gasteiger partial charge in [0.25, 0.3) is 0 Å². The Labute approximate surface area is 88.1 Å². The lowest BCUT2D eigenvalue weighted by molar-refractivity contribution is 0.419. The molecular weight excluding hydrogens is 191 g/mol. The van der Waals surface area contributed by atoms with Crippen LogP contribution < -0.4 is 10.2 Å². The number of hydrogen-bond acceptors (Lipinski definition) is 3. The average molecular weight is 202 g/mol. The second-order valence-electron chi connectivity index (χ2n) is 3.28. The van der Waals surface area contributed by atoms with Crippen molar-refractivity contribution in [1.29, 1.82) is 0 Å². The molecule has 0 aliphatic carbocycles. The summed E-state index contributed by atoms with van der Waals surface area (Å²) in [7, 11) is 0.136. The van der Waals surface area contributed by atoms with E-state index in [0.29, 0.717) is 5.46 Å². The van der Waals surface area contributed by atoms with Crippen molar-refractivity contribution in [3.05, 3.63) is 36.4 Å². The lowest BCUT2D eigenvalue weighted by atomic mass is 9.77. The first-order valence-electron chi connectivity index (χ1n) is 4.66. The first-order chi connectivity index (χ1) is 7.24. The van der Waals surface area contributed by atoms with E-state index in [4.69, 9.17) is 4.74 Å². The summed E-state index contributed by atoms with van der Waals surface area (Å²) in [5.74, 6) is 0.731. The lowest BCUT2D eigenvalue weighted by Crippen LogP contribution is -2.30. The van der Waals surface area contributed by atoms with Crippen LogP contribution in [-0.4, -0.2) is 24.3 Å². The molecule has 15 heavy (non-hydrogen) atoms. The maximum Gasteiger partial charge on any atom is 0.489 e. The topological polar surface area (TPSA) is 49.7 Å². The molecular formula is C11H11BO3. The van der Waals surface area contributed by atoms with E-state index in [1.807, 2.05) is 24.3 Å². The van der Waals surface area contributed by atoms with Crippen LogP contribution in [0.25, 0.3) is 10.8 Å². The van der Waals surface area contributed by atoms with E-state index in [-0.39, 0.29) is 0 Å². The van der Waals surface area contributed by atoms with Crippen LogP contribution in [0.4, 0.5) is 0 Å². The lowest BCUT2D eigenvalue weighted by Gasteiger charge is -2.09. The molecule has 0 aromatic heterocycles. The SMILES string of the molecule is COc1ccc(B(O)O)c2ccccc12. The van der Waals surface area contributed by atoms with Gasteiger partial charge in [-0.2, -0.15) is 0 Å². The fourth-order valence-electron chi connectivity index (χ4n) is 1.70. The van der Waals surface area contributed by atoms with Crippen molar-refractivity contribution in [2.24, 2.45) is 0 Å². The minimum Gasteiger partial charge on any atom is -0.496 e. The fraction of sp³-hybridized carbons (Fsp3) is 0.0909. The van der Waals surface area contributed by atoms with E-state index in [2.05, 4.69) is 0 Å². The monoisotopic (exact) mass is 202 g/mol. The molecule has 0 heterocycles. The summed E-state index contributed by atoms with van der Waals surface area (Å²) in [6.45, 7) is 0. The van der Waals surface area contributed by atoms with Crippen LogP contribution in [0.15, 0.2) is 36.4 Å². The maximum atomic E-state index is 9.20. The highest BCUT2D eigenvalue weighted by Crippen LogP contribution is 2.23. The van der Waals surface area contributed by atoms with Gasteiger partial charge in [0, 0.05) is 5.39 Å². The van der Waals surface area contributed by atoms with Crippen molar-refractivity contribution < 1.29 is 14.8 Å². The molecule has 0 aliphatic rings. The van der Waals surface area contributed by atoms with Crippen LogP contribution in [0.3, 0.4) is 0 Å². The third-order valence-corrected chi connectivity index (χ3v) is 2.42.